The first kappa shape index (κ1) is 29.8. The van der Waals surface area contributed by atoms with Crippen LogP contribution in [0, 0.1) is 0 Å². The number of nitrogens with two attached hydrogens (primary N) is 1. The number of anilines is 3. The molecule has 1 unspecified atom stereocenters. The highest BCUT2D eigenvalue weighted by Crippen LogP contribution is 2.40. The van der Waals surface area contributed by atoms with Gasteiger partial charge in [0.2, 0.25) is 11.1 Å². The number of benzene rings is 5. The number of hydrogen-bond donors (Lipinski definition) is 4. The van der Waals surface area contributed by atoms with Crippen molar-refractivity contribution in [2.24, 2.45) is 0 Å². The first-order chi connectivity index (χ1) is 22.1. The summed E-state index contributed by atoms with van der Waals surface area (Å²) in [6, 6.07) is 25.8. The van der Waals surface area contributed by atoms with E-state index in [1.807, 2.05) is 0 Å². The van der Waals surface area contributed by atoms with E-state index in [4.69, 9.17) is 14.7 Å². The fourth-order valence-corrected chi connectivity index (χ4v) is 5.81. The molecule has 0 fully saturated rings. The highest BCUT2D eigenvalue weighted by molar-refractivity contribution is 7.80. The molecule has 5 aromatic carbocycles. The maximum atomic E-state index is 13.7. The molecule has 0 spiro atoms. The van der Waals surface area contributed by atoms with Gasteiger partial charge >= 0.3 is 11.9 Å². The molecule has 11 nitrogen and oxygen atoms in total. The Labute approximate surface area is 263 Å². The highest BCUT2D eigenvalue weighted by Gasteiger charge is 2.36. The number of carboxylic acid groups (broad SMARTS) is 2. The summed E-state index contributed by atoms with van der Waals surface area (Å²) in [5.74, 6) is -3.03. The molecular weight excluding hydrogens is 612 g/mol. The number of carbonyl (C=O) groups excluding carboxylic acids is 2. The number of aromatic carboxylic acids is 2. The van der Waals surface area contributed by atoms with Crippen LogP contribution >= 0.6 is 0 Å². The number of carbonyl (C=O) groups is 4. The van der Waals surface area contributed by atoms with Crippen LogP contribution in [0.2, 0.25) is 0 Å². The Kier molecular flexibility index (Phi) is 7.78. The molecular formula is C34H22N2O9S. The average Bonchev–Trinajstić information content (AvgIpc) is 3.05. The van der Waals surface area contributed by atoms with Crippen molar-refractivity contribution >= 4 is 51.6 Å². The normalized spacial score (nSPS) is 12.4. The highest BCUT2D eigenvalue weighted by atomic mass is 32.2. The number of para-hydroxylation sites is 1. The number of nitrogen functional groups attached to an aromatic ring is 1. The van der Waals surface area contributed by atoms with Crippen molar-refractivity contribution in [3.63, 3.8) is 0 Å². The fraction of sp³-hybridized carbons (Fsp3) is 0. The van der Waals surface area contributed by atoms with Gasteiger partial charge in [0, 0.05) is 16.8 Å². The Morgan fingerprint density at radius 2 is 1.24 bits per heavy atom. The van der Waals surface area contributed by atoms with Crippen LogP contribution in [-0.4, -0.2) is 37.9 Å². The minimum absolute atomic E-state index is 0.000995. The lowest BCUT2D eigenvalue weighted by molar-refractivity contribution is 0.0696. The van der Waals surface area contributed by atoms with Gasteiger partial charge in [-0.3, -0.25) is 9.59 Å². The van der Waals surface area contributed by atoms with E-state index < -0.39 is 34.6 Å². The number of rotatable bonds is 9. The lowest BCUT2D eigenvalue weighted by Gasteiger charge is -2.24. The first-order valence-corrected chi connectivity index (χ1v) is 14.6. The van der Waals surface area contributed by atoms with Crippen molar-refractivity contribution in [1.29, 1.82) is 0 Å². The van der Waals surface area contributed by atoms with Gasteiger partial charge in [-0.05, 0) is 60.7 Å². The van der Waals surface area contributed by atoms with Gasteiger partial charge in [0.05, 0.1) is 33.6 Å². The second-order valence-corrected chi connectivity index (χ2v) is 11.1. The lowest BCUT2D eigenvalue weighted by Crippen LogP contribution is -2.25. The van der Waals surface area contributed by atoms with Crippen LogP contribution in [0.4, 0.5) is 17.1 Å². The maximum absolute atomic E-state index is 13.7. The van der Waals surface area contributed by atoms with Gasteiger partial charge in [-0.1, -0.05) is 42.5 Å². The van der Waals surface area contributed by atoms with Crippen LogP contribution in [0.15, 0.2) is 108 Å². The zero-order chi connectivity index (χ0) is 32.5. The maximum Gasteiger partial charge on any atom is 0.335 e. The molecule has 5 N–H and O–H groups in total. The lowest BCUT2D eigenvalue weighted by atomic mass is 9.82. The number of ketones is 2. The fourth-order valence-electron chi connectivity index (χ4n) is 4.94. The third-order valence-electron chi connectivity index (χ3n) is 7.06. The van der Waals surface area contributed by atoms with Gasteiger partial charge in [-0.15, -0.1) is 0 Å². The Balaban J connectivity index is 1.37. The molecule has 0 saturated carbocycles. The van der Waals surface area contributed by atoms with Crippen LogP contribution in [-0.2, 0) is 11.1 Å². The van der Waals surface area contributed by atoms with Crippen LogP contribution < -0.4 is 20.0 Å². The Morgan fingerprint density at radius 1 is 0.674 bits per heavy atom. The van der Waals surface area contributed by atoms with Crippen molar-refractivity contribution in [2.75, 3.05) is 11.1 Å². The molecule has 1 aliphatic carbocycles. The van der Waals surface area contributed by atoms with E-state index in [2.05, 4.69) is 5.32 Å². The standard InChI is InChI=1S/C34H22N2O9S/c35-30-27(46(43)45-22-6-2-1-3-7-22)17-26(28-29(30)32(38)25-9-5-4-8-24(25)31(28)37)36-20-10-12-21(13-11-20)44-23-15-18(33(39)40)14-19(16-23)34(41)42/h1-17,36H,35H2,(H,39,40)(H,41,42). The molecule has 228 valence electrons. The van der Waals surface area contributed by atoms with Crippen LogP contribution in [0.5, 0.6) is 17.2 Å². The summed E-state index contributed by atoms with van der Waals surface area (Å²) >= 11 is -2.17. The Morgan fingerprint density at radius 3 is 1.83 bits per heavy atom. The van der Waals surface area contributed by atoms with E-state index in [0.29, 0.717) is 11.4 Å². The van der Waals surface area contributed by atoms with E-state index in [9.17, 15) is 33.6 Å². The van der Waals surface area contributed by atoms with Crippen LogP contribution in [0.1, 0.15) is 52.6 Å². The molecule has 0 bridgehead atoms. The van der Waals surface area contributed by atoms with Crippen molar-refractivity contribution in [3.8, 4) is 17.2 Å². The first-order valence-electron chi connectivity index (χ1n) is 13.6. The van der Waals surface area contributed by atoms with Crippen LogP contribution in [0.3, 0.4) is 0 Å². The van der Waals surface area contributed by atoms with Crippen LogP contribution in [0.25, 0.3) is 0 Å². The van der Waals surface area contributed by atoms with Gasteiger partial charge in [0.25, 0.3) is 0 Å². The molecule has 0 radical (unpaired) electrons. The third-order valence-corrected chi connectivity index (χ3v) is 8.10. The summed E-state index contributed by atoms with van der Waals surface area (Å²) in [6.07, 6.45) is 0. The molecule has 5 aromatic rings. The molecule has 0 amide bonds. The molecule has 0 saturated heterocycles. The number of fused-ring (bicyclic) bond motifs is 2. The van der Waals surface area contributed by atoms with Crippen molar-refractivity contribution in [1.82, 2.24) is 0 Å². The SMILES string of the molecule is Nc1c(S(=O)Oc2ccccc2)cc(Nc2ccc(Oc3cc(C(=O)O)cc(C(=O)O)c3)cc2)c2c1C(=O)c1ccccc1C2=O. The predicted molar refractivity (Wildman–Crippen MR) is 168 cm³/mol. The van der Waals surface area contributed by atoms with E-state index in [1.165, 1.54) is 36.4 Å². The monoisotopic (exact) mass is 634 g/mol. The number of carboxylic acids is 2. The zero-order valence-corrected chi connectivity index (χ0v) is 24.4. The second-order valence-electron chi connectivity index (χ2n) is 10.0. The Hall–Kier alpha value is -6.27. The largest absolute Gasteiger partial charge is 0.478 e. The minimum Gasteiger partial charge on any atom is -0.478 e. The van der Waals surface area contributed by atoms with E-state index in [-0.39, 0.29) is 61.1 Å². The summed E-state index contributed by atoms with van der Waals surface area (Å²) in [6.45, 7) is 0. The summed E-state index contributed by atoms with van der Waals surface area (Å²) < 4.78 is 24.7. The van der Waals surface area contributed by atoms with Crippen molar-refractivity contribution in [2.45, 2.75) is 4.90 Å². The summed E-state index contributed by atoms with van der Waals surface area (Å²) in [4.78, 5) is 50.3. The molecule has 0 heterocycles. The third kappa shape index (κ3) is 5.67. The second kappa shape index (κ2) is 12.0. The summed E-state index contributed by atoms with van der Waals surface area (Å²) in [5, 5.41) is 21.8. The topological polar surface area (TPSA) is 182 Å². The van der Waals surface area contributed by atoms with E-state index >= 15 is 0 Å². The molecule has 46 heavy (non-hydrogen) atoms. The average molecular weight is 635 g/mol. The van der Waals surface area contributed by atoms with Gasteiger partial charge in [0.15, 0.2) is 11.6 Å². The molecule has 0 aliphatic heterocycles. The van der Waals surface area contributed by atoms with Gasteiger partial charge in [0.1, 0.15) is 22.1 Å². The van der Waals surface area contributed by atoms with Gasteiger partial charge in [-0.2, -0.15) is 0 Å². The molecule has 1 aliphatic rings. The predicted octanol–water partition coefficient (Wildman–Crippen LogP) is 6.08. The number of hydrogen-bond acceptors (Lipinski definition) is 9. The van der Waals surface area contributed by atoms with E-state index in [0.717, 1.165) is 6.07 Å². The molecule has 1 atom stereocenters. The smallest absolute Gasteiger partial charge is 0.335 e. The number of nitrogens with one attached hydrogen (secondary N) is 1. The molecule has 0 aromatic heterocycles. The molecule has 12 heteroatoms. The summed E-state index contributed by atoms with van der Waals surface area (Å²) in [5.41, 5.74) is 6.63. The zero-order valence-electron chi connectivity index (χ0n) is 23.6. The minimum atomic E-state index is -2.17. The van der Waals surface area contributed by atoms with Crippen molar-refractivity contribution < 1.29 is 42.5 Å². The quantitative estimate of drug-likeness (QED) is 0.135. The number of ether oxygens (including phenoxy) is 1. The van der Waals surface area contributed by atoms with Gasteiger partial charge < -0.3 is 30.2 Å². The van der Waals surface area contributed by atoms with Gasteiger partial charge in [-0.25, -0.2) is 13.8 Å². The molecule has 6 rings (SSSR count). The summed E-state index contributed by atoms with van der Waals surface area (Å²) in [7, 11) is 0. The Bertz CT molecular complexity index is 2060. The van der Waals surface area contributed by atoms with Crippen molar-refractivity contribution in [3.05, 3.63) is 137 Å². The van der Waals surface area contributed by atoms with E-state index in [1.54, 1.807) is 60.7 Å².